The highest BCUT2D eigenvalue weighted by Crippen LogP contribution is 2.14. The molecule has 1 aliphatic rings. The van der Waals surface area contributed by atoms with Crippen molar-refractivity contribution in [3.05, 3.63) is 33.4 Å². The number of hydrogen-bond donors (Lipinski definition) is 0. The zero-order valence-electron chi connectivity index (χ0n) is 10.6. The van der Waals surface area contributed by atoms with Crippen LogP contribution < -0.4 is 0 Å². The summed E-state index contributed by atoms with van der Waals surface area (Å²) in [5, 5.41) is 0. The molecule has 0 bridgehead atoms. The van der Waals surface area contributed by atoms with Gasteiger partial charge in [-0.2, -0.15) is 0 Å². The molecule has 4 heteroatoms. The van der Waals surface area contributed by atoms with Crippen molar-refractivity contribution in [2.75, 3.05) is 26.7 Å². The van der Waals surface area contributed by atoms with Gasteiger partial charge in [0.25, 0.3) is 0 Å². The van der Waals surface area contributed by atoms with E-state index in [4.69, 9.17) is 4.74 Å². The monoisotopic (exact) mass is 359 g/mol. The standard InChI is InChI=1S/C14H18INO2/c1-18-13-3-2-8-16(9-13)10-14(17)11-4-6-12(15)7-5-11/h4-7,13H,2-3,8-10H2,1H3. The molecule has 0 radical (unpaired) electrons. The second-order valence-corrected chi connectivity index (χ2v) is 5.91. The number of ether oxygens (including phenoxy) is 1. The zero-order valence-corrected chi connectivity index (χ0v) is 12.7. The summed E-state index contributed by atoms with van der Waals surface area (Å²) in [6, 6.07) is 7.76. The van der Waals surface area contributed by atoms with Gasteiger partial charge in [-0.3, -0.25) is 9.69 Å². The second kappa shape index (κ2) is 6.63. The molecule has 1 aromatic rings. The third-order valence-electron chi connectivity index (χ3n) is 3.33. The van der Waals surface area contributed by atoms with Crippen LogP contribution in [-0.4, -0.2) is 43.5 Å². The Morgan fingerprint density at radius 3 is 2.83 bits per heavy atom. The molecule has 0 aliphatic carbocycles. The van der Waals surface area contributed by atoms with Crippen molar-refractivity contribution >= 4 is 28.4 Å². The summed E-state index contributed by atoms with van der Waals surface area (Å²) < 4.78 is 6.52. The number of ketones is 1. The van der Waals surface area contributed by atoms with Gasteiger partial charge >= 0.3 is 0 Å². The maximum atomic E-state index is 12.1. The second-order valence-electron chi connectivity index (χ2n) is 4.67. The highest BCUT2D eigenvalue weighted by molar-refractivity contribution is 14.1. The van der Waals surface area contributed by atoms with Gasteiger partial charge in [0.1, 0.15) is 0 Å². The molecular weight excluding hydrogens is 341 g/mol. The van der Waals surface area contributed by atoms with Crippen molar-refractivity contribution in [1.82, 2.24) is 4.90 Å². The van der Waals surface area contributed by atoms with Crippen LogP contribution in [0.1, 0.15) is 23.2 Å². The first-order valence-corrected chi connectivity index (χ1v) is 7.31. The number of carbonyl (C=O) groups is 1. The first-order valence-electron chi connectivity index (χ1n) is 6.23. The normalized spacial score (nSPS) is 20.9. The molecule has 1 saturated heterocycles. The predicted molar refractivity (Wildman–Crippen MR) is 80.0 cm³/mol. The summed E-state index contributed by atoms with van der Waals surface area (Å²) in [7, 11) is 1.75. The number of benzene rings is 1. The van der Waals surface area contributed by atoms with E-state index in [0.717, 1.165) is 35.1 Å². The number of methoxy groups -OCH3 is 1. The van der Waals surface area contributed by atoms with Gasteiger partial charge in [0, 0.05) is 22.8 Å². The van der Waals surface area contributed by atoms with E-state index in [0.29, 0.717) is 6.54 Å². The first kappa shape index (κ1) is 14.0. The smallest absolute Gasteiger partial charge is 0.176 e. The average molecular weight is 359 g/mol. The summed E-state index contributed by atoms with van der Waals surface area (Å²) >= 11 is 2.24. The molecule has 1 unspecified atom stereocenters. The highest BCUT2D eigenvalue weighted by Gasteiger charge is 2.21. The van der Waals surface area contributed by atoms with Gasteiger partial charge in [-0.1, -0.05) is 12.1 Å². The summed E-state index contributed by atoms with van der Waals surface area (Å²) in [5.41, 5.74) is 0.801. The maximum Gasteiger partial charge on any atom is 0.176 e. The van der Waals surface area contributed by atoms with Gasteiger partial charge in [-0.05, 0) is 54.1 Å². The van der Waals surface area contributed by atoms with Crippen molar-refractivity contribution in [3.63, 3.8) is 0 Å². The number of rotatable bonds is 4. The minimum atomic E-state index is 0.197. The number of halogens is 1. The number of carbonyl (C=O) groups excluding carboxylic acids is 1. The van der Waals surface area contributed by atoms with Crippen LogP contribution in [0.3, 0.4) is 0 Å². The van der Waals surface area contributed by atoms with Crippen molar-refractivity contribution in [3.8, 4) is 0 Å². The lowest BCUT2D eigenvalue weighted by molar-refractivity contribution is 0.0314. The van der Waals surface area contributed by atoms with Crippen molar-refractivity contribution in [1.29, 1.82) is 0 Å². The lowest BCUT2D eigenvalue weighted by Crippen LogP contribution is -2.41. The van der Waals surface area contributed by atoms with Gasteiger partial charge in [-0.25, -0.2) is 0 Å². The molecule has 1 aromatic carbocycles. The van der Waals surface area contributed by atoms with Crippen LogP contribution in [0, 0.1) is 3.57 Å². The molecule has 0 spiro atoms. The minimum absolute atomic E-state index is 0.197. The fraction of sp³-hybridized carbons (Fsp3) is 0.500. The molecule has 0 saturated carbocycles. The number of piperidine rings is 1. The number of likely N-dealkylation sites (tertiary alicyclic amines) is 1. The third kappa shape index (κ3) is 3.76. The topological polar surface area (TPSA) is 29.5 Å². The van der Waals surface area contributed by atoms with Gasteiger partial charge in [0.2, 0.25) is 0 Å². The molecule has 98 valence electrons. The van der Waals surface area contributed by atoms with E-state index in [1.165, 1.54) is 0 Å². The Balaban J connectivity index is 1.92. The van der Waals surface area contributed by atoms with E-state index in [1.54, 1.807) is 7.11 Å². The van der Waals surface area contributed by atoms with Crippen molar-refractivity contribution < 1.29 is 9.53 Å². The van der Waals surface area contributed by atoms with Crippen LogP contribution in [0.2, 0.25) is 0 Å². The van der Waals surface area contributed by atoms with Gasteiger partial charge in [0.15, 0.2) is 5.78 Å². The van der Waals surface area contributed by atoms with Crippen LogP contribution >= 0.6 is 22.6 Å². The van der Waals surface area contributed by atoms with Crippen LogP contribution in [0.4, 0.5) is 0 Å². The lowest BCUT2D eigenvalue weighted by Gasteiger charge is -2.31. The Bertz CT molecular complexity index is 405. The fourth-order valence-electron chi connectivity index (χ4n) is 2.28. The van der Waals surface area contributed by atoms with Gasteiger partial charge in [-0.15, -0.1) is 0 Å². The molecule has 0 aromatic heterocycles. The minimum Gasteiger partial charge on any atom is -0.380 e. The Kier molecular flexibility index (Phi) is 5.14. The predicted octanol–water partition coefficient (Wildman–Crippen LogP) is 2.58. The number of nitrogens with zero attached hydrogens (tertiary/aromatic N) is 1. The molecular formula is C14H18INO2. The lowest BCUT2D eigenvalue weighted by atomic mass is 10.1. The third-order valence-corrected chi connectivity index (χ3v) is 4.05. The number of Topliss-reactive ketones (excluding diaryl/α,β-unsaturated/α-hetero) is 1. The molecule has 3 nitrogen and oxygen atoms in total. The van der Waals surface area contributed by atoms with E-state index in [2.05, 4.69) is 27.5 Å². The van der Waals surface area contributed by atoms with E-state index in [1.807, 2.05) is 24.3 Å². The quantitative estimate of drug-likeness (QED) is 0.612. The van der Waals surface area contributed by atoms with E-state index < -0.39 is 0 Å². The molecule has 1 heterocycles. The van der Waals surface area contributed by atoms with Crippen LogP contribution in [-0.2, 0) is 4.74 Å². The van der Waals surface area contributed by atoms with E-state index >= 15 is 0 Å². The summed E-state index contributed by atoms with van der Waals surface area (Å²) in [6.07, 6.45) is 2.49. The largest absolute Gasteiger partial charge is 0.380 e. The highest BCUT2D eigenvalue weighted by atomic mass is 127. The van der Waals surface area contributed by atoms with Crippen molar-refractivity contribution in [2.24, 2.45) is 0 Å². The molecule has 1 fully saturated rings. The molecule has 1 atom stereocenters. The molecule has 0 N–H and O–H groups in total. The maximum absolute atomic E-state index is 12.1. The molecule has 1 aliphatic heterocycles. The van der Waals surface area contributed by atoms with Crippen molar-refractivity contribution in [2.45, 2.75) is 18.9 Å². The van der Waals surface area contributed by atoms with Crippen LogP contribution in [0.5, 0.6) is 0 Å². The van der Waals surface area contributed by atoms with Crippen LogP contribution in [0.15, 0.2) is 24.3 Å². The van der Waals surface area contributed by atoms with E-state index in [-0.39, 0.29) is 11.9 Å². The zero-order chi connectivity index (χ0) is 13.0. The fourth-order valence-corrected chi connectivity index (χ4v) is 2.64. The summed E-state index contributed by atoms with van der Waals surface area (Å²) in [4.78, 5) is 14.3. The average Bonchev–Trinajstić information content (AvgIpc) is 2.39. The Labute approximate surface area is 122 Å². The summed E-state index contributed by atoms with van der Waals surface area (Å²) in [6.45, 7) is 2.36. The SMILES string of the molecule is COC1CCCN(CC(=O)c2ccc(I)cc2)C1. The van der Waals surface area contributed by atoms with Gasteiger partial charge < -0.3 is 4.74 Å². The first-order chi connectivity index (χ1) is 8.69. The summed E-state index contributed by atoms with van der Waals surface area (Å²) in [5.74, 6) is 0.197. The van der Waals surface area contributed by atoms with Crippen LogP contribution in [0.25, 0.3) is 0 Å². The Hall–Kier alpha value is -0.460. The molecule has 2 rings (SSSR count). The number of hydrogen-bond acceptors (Lipinski definition) is 3. The van der Waals surface area contributed by atoms with Gasteiger partial charge in [0.05, 0.1) is 12.6 Å². The van der Waals surface area contributed by atoms with E-state index in [9.17, 15) is 4.79 Å². The Morgan fingerprint density at radius 1 is 1.44 bits per heavy atom. The molecule has 0 amide bonds. The molecule has 18 heavy (non-hydrogen) atoms. The Morgan fingerprint density at radius 2 is 2.17 bits per heavy atom.